The summed E-state index contributed by atoms with van der Waals surface area (Å²) in [5.41, 5.74) is 2.09. The first-order valence-electron chi connectivity index (χ1n) is 11.7. The highest BCUT2D eigenvalue weighted by atomic mass is 16.5. The average molecular weight is 403 g/mol. The fourth-order valence-electron chi connectivity index (χ4n) is 8.36. The van der Waals surface area contributed by atoms with Crippen molar-refractivity contribution < 1.29 is 19.4 Å². The molecule has 4 aliphatic carbocycles. The molecule has 4 rings (SSSR count). The topological polar surface area (TPSA) is 63.6 Å². The van der Waals surface area contributed by atoms with Gasteiger partial charge in [0.15, 0.2) is 0 Å². The van der Waals surface area contributed by atoms with Gasteiger partial charge in [-0.05, 0) is 85.4 Å². The summed E-state index contributed by atoms with van der Waals surface area (Å²) in [5, 5.41) is 9.31. The number of carboxylic acid groups (broad SMARTS) is 1. The second-order valence-corrected chi connectivity index (χ2v) is 11.0. The second kappa shape index (κ2) is 7.42. The molecule has 4 unspecified atom stereocenters. The Labute approximate surface area is 175 Å². The number of carboxylic acids is 1. The first-order valence-corrected chi connectivity index (χ1v) is 11.7. The maximum atomic E-state index is 11.4. The summed E-state index contributed by atoms with van der Waals surface area (Å²) in [6, 6.07) is 0. The van der Waals surface area contributed by atoms with Gasteiger partial charge in [-0.1, -0.05) is 32.4 Å². The fraction of sp³-hybridized carbons (Fsp3) is 0.840. The van der Waals surface area contributed by atoms with Gasteiger partial charge in [-0.2, -0.15) is 0 Å². The van der Waals surface area contributed by atoms with Crippen LogP contribution in [0.3, 0.4) is 0 Å². The van der Waals surface area contributed by atoms with E-state index in [-0.39, 0.29) is 23.4 Å². The number of esters is 1. The molecule has 0 aliphatic heterocycles. The van der Waals surface area contributed by atoms with Gasteiger partial charge < -0.3 is 9.84 Å². The molecular weight excluding hydrogens is 364 g/mol. The number of hydrogen-bond acceptors (Lipinski definition) is 3. The molecule has 0 spiro atoms. The normalized spacial score (nSPS) is 44.7. The van der Waals surface area contributed by atoms with E-state index in [2.05, 4.69) is 26.8 Å². The predicted molar refractivity (Wildman–Crippen MR) is 112 cm³/mol. The number of aliphatic carboxylic acids is 1. The van der Waals surface area contributed by atoms with E-state index in [0.29, 0.717) is 17.8 Å². The molecule has 0 amide bonds. The van der Waals surface area contributed by atoms with Crippen LogP contribution in [0.15, 0.2) is 11.6 Å². The van der Waals surface area contributed by atoms with E-state index in [4.69, 9.17) is 4.74 Å². The van der Waals surface area contributed by atoms with E-state index in [0.717, 1.165) is 43.4 Å². The van der Waals surface area contributed by atoms with E-state index in [1.807, 2.05) is 0 Å². The highest BCUT2D eigenvalue weighted by molar-refractivity contribution is 5.67. The standard InChI is InChI=1S/C25H38O4/c1-15(13-23(27)28)20-7-8-21-19-6-5-17-14-18(29-16(2)26)9-11-24(17,3)22(19)10-12-25(20,21)4/h5,15,18-22H,6-14H2,1-4H3,(H,27,28)/t15-,18+,19?,20?,21?,22?,24+,25-/m1/s1. The van der Waals surface area contributed by atoms with Crippen LogP contribution in [-0.2, 0) is 14.3 Å². The summed E-state index contributed by atoms with van der Waals surface area (Å²) in [7, 11) is 0. The summed E-state index contributed by atoms with van der Waals surface area (Å²) in [6.45, 7) is 8.63. The maximum absolute atomic E-state index is 11.4. The minimum atomic E-state index is -0.652. The number of rotatable bonds is 4. The third-order valence-electron chi connectivity index (χ3n) is 9.65. The van der Waals surface area contributed by atoms with Gasteiger partial charge in [-0.3, -0.25) is 9.59 Å². The van der Waals surface area contributed by atoms with Crippen molar-refractivity contribution in [3.8, 4) is 0 Å². The van der Waals surface area contributed by atoms with E-state index in [9.17, 15) is 14.7 Å². The molecule has 0 aromatic carbocycles. The molecule has 0 bridgehead atoms. The first kappa shape index (κ1) is 20.9. The smallest absolute Gasteiger partial charge is 0.303 e. The molecule has 0 aromatic rings. The lowest BCUT2D eigenvalue weighted by atomic mass is 9.47. The quantitative estimate of drug-likeness (QED) is 0.490. The monoisotopic (exact) mass is 402 g/mol. The Hall–Kier alpha value is -1.32. The van der Waals surface area contributed by atoms with Crippen molar-refractivity contribution >= 4 is 11.9 Å². The fourth-order valence-corrected chi connectivity index (χ4v) is 8.36. The Balaban J connectivity index is 1.54. The zero-order valence-corrected chi connectivity index (χ0v) is 18.6. The van der Waals surface area contributed by atoms with Crippen LogP contribution in [0.5, 0.6) is 0 Å². The molecular formula is C25H38O4. The summed E-state index contributed by atoms with van der Waals surface area (Å²) in [4.78, 5) is 22.7. The van der Waals surface area contributed by atoms with Gasteiger partial charge in [0.1, 0.15) is 6.10 Å². The van der Waals surface area contributed by atoms with Crippen molar-refractivity contribution in [1.82, 2.24) is 0 Å². The van der Waals surface area contributed by atoms with E-state index in [1.54, 1.807) is 0 Å². The number of ether oxygens (including phenoxy) is 1. The van der Waals surface area contributed by atoms with Crippen LogP contribution < -0.4 is 0 Å². The van der Waals surface area contributed by atoms with Gasteiger partial charge in [-0.15, -0.1) is 0 Å². The predicted octanol–water partition coefficient (Wildman–Crippen LogP) is 5.61. The number of carbonyl (C=O) groups is 2. The Morgan fingerprint density at radius 1 is 1.17 bits per heavy atom. The number of hydrogen-bond donors (Lipinski definition) is 1. The number of carbonyl (C=O) groups excluding carboxylic acids is 1. The van der Waals surface area contributed by atoms with Crippen molar-refractivity contribution in [2.45, 2.75) is 91.6 Å². The summed E-state index contributed by atoms with van der Waals surface area (Å²) >= 11 is 0. The lowest BCUT2D eigenvalue weighted by molar-refractivity contribution is -0.149. The van der Waals surface area contributed by atoms with Crippen molar-refractivity contribution in [2.75, 3.05) is 0 Å². The Morgan fingerprint density at radius 2 is 1.93 bits per heavy atom. The molecule has 0 radical (unpaired) electrons. The molecule has 8 atom stereocenters. The molecule has 4 aliphatic rings. The van der Waals surface area contributed by atoms with Gasteiger partial charge in [0.2, 0.25) is 0 Å². The van der Waals surface area contributed by atoms with Crippen LogP contribution in [0.1, 0.15) is 85.5 Å². The van der Waals surface area contributed by atoms with Gasteiger partial charge in [0, 0.05) is 19.8 Å². The third-order valence-corrected chi connectivity index (χ3v) is 9.65. The summed E-state index contributed by atoms with van der Waals surface area (Å²) in [5.74, 6) is 2.19. The lowest BCUT2D eigenvalue weighted by Gasteiger charge is -2.58. The molecule has 0 heterocycles. The van der Waals surface area contributed by atoms with Crippen molar-refractivity contribution in [3.05, 3.63) is 11.6 Å². The average Bonchev–Trinajstić information content (AvgIpc) is 2.98. The minimum absolute atomic E-state index is 0.0601. The van der Waals surface area contributed by atoms with E-state index >= 15 is 0 Å². The van der Waals surface area contributed by atoms with Crippen LogP contribution in [0, 0.1) is 40.4 Å². The highest BCUT2D eigenvalue weighted by Gasteiger charge is 2.59. The third kappa shape index (κ3) is 3.45. The van der Waals surface area contributed by atoms with Crippen molar-refractivity contribution in [1.29, 1.82) is 0 Å². The Bertz CT molecular complexity index is 712. The number of allylic oxidation sites excluding steroid dienone is 1. The van der Waals surface area contributed by atoms with Crippen molar-refractivity contribution in [2.24, 2.45) is 40.4 Å². The van der Waals surface area contributed by atoms with E-state index < -0.39 is 5.97 Å². The zero-order chi connectivity index (χ0) is 21.0. The summed E-state index contributed by atoms with van der Waals surface area (Å²) < 4.78 is 5.55. The zero-order valence-electron chi connectivity index (χ0n) is 18.6. The highest BCUT2D eigenvalue weighted by Crippen LogP contribution is 2.67. The Morgan fingerprint density at radius 3 is 2.62 bits per heavy atom. The molecule has 4 heteroatoms. The molecule has 3 saturated carbocycles. The van der Waals surface area contributed by atoms with Crippen molar-refractivity contribution in [3.63, 3.8) is 0 Å². The van der Waals surface area contributed by atoms with Crippen LogP contribution in [0.25, 0.3) is 0 Å². The molecule has 3 fully saturated rings. The van der Waals surface area contributed by atoms with Crippen LogP contribution in [-0.4, -0.2) is 23.1 Å². The number of fused-ring (bicyclic) bond motifs is 5. The molecule has 0 saturated heterocycles. The second-order valence-electron chi connectivity index (χ2n) is 11.0. The lowest BCUT2D eigenvalue weighted by Crippen LogP contribution is -2.51. The molecule has 4 nitrogen and oxygen atoms in total. The van der Waals surface area contributed by atoms with E-state index in [1.165, 1.54) is 38.2 Å². The molecule has 29 heavy (non-hydrogen) atoms. The van der Waals surface area contributed by atoms with Gasteiger partial charge in [-0.25, -0.2) is 0 Å². The maximum Gasteiger partial charge on any atom is 0.303 e. The molecule has 162 valence electrons. The summed E-state index contributed by atoms with van der Waals surface area (Å²) in [6.07, 6.45) is 12.0. The Kier molecular flexibility index (Phi) is 5.36. The van der Waals surface area contributed by atoms with Crippen LogP contribution in [0.2, 0.25) is 0 Å². The molecule has 1 N–H and O–H groups in total. The minimum Gasteiger partial charge on any atom is -0.481 e. The van der Waals surface area contributed by atoms with Gasteiger partial charge in [0.25, 0.3) is 0 Å². The van der Waals surface area contributed by atoms with Crippen LogP contribution in [0.4, 0.5) is 0 Å². The molecule has 0 aromatic heterocycles. The largest absolute Gasteiger partial charge is 0.481 e. The van der Waals surface area contributed by atoms with Crippen LogP contribution >= 0.6 is 0 Å². The SMILES string of the molecule is CC(=O)O[C@H]1CC[C@@]2(C)C(=CCC3C4CCC([C@H](C)CC(=O)O)[C@@]4(C)CCC32)C1. The van der Waals surface area contributed by atoms with Gasteiger partial charge >= 0.3 is 11.9 Å². The van der Waals surface area contributed by atoms with Gasteiger partial charge in [0.05, 0.1) is 0 Å². The first-order chi connectivity index (χ1) is 13.6.